The predicted molar refractivity (Wildman–Crippen MR) is 174 cm³/mol. The molecule has 2 aromatic heterocycles. The Hall–Kier alpha value is -4.09. The molecule has 44 heavy (non-hydrogen) atoms. The summed E-state index contributed by atoms with van der Waals surface area (Å²) in [6.45, 7) is 7.52. The van der Waals surface area contributed by atoms with Gasteiger partial charge >= 0.3 is 0 Å². The molecule has 0 aliphatic heterocycles. The zero-order valence-electron chi connectivity index (χ0n) is 25.0. The van der Waals surface area contributed by atoms with Crippen LogP contribution in [0.3, 0.4) is 0 Å². The second-order valence-electron chi connectivity index (χ2n) is 11.5. The maximum absolute atomic E-state index is 12.7. The molecule has 1 fully saturated rings. The number of hydrogen-bond acceptors (Lipinski definition) is 9. The summed E-state index contributed by atoms with van der Waals surface area (Å²) >= 11 is 2.85. The summed E-state index contributed by atoms with van der Waals surface area (Å²) in [7, 11) is 0. The summed E-state index contributed by atoms with van der Waals surface area (Å²) in [5.41, 5.74) is 5.04. The lowest BCUT2D eigenvalue weighted by atomic mass is 9.82. The largest absolute Gasteiger partial charge is 0.300 e. The molecule has 2 atom stereocenters. The van der Waals surface area contributed by atoms with Crippen LogP contribution in [0.15, 0.2) is 60.7 Å². The quantitative estimate of drug-likeness (QED) is 0.173. The molecule has 1 saturated carbocycles. The van der Waals surface area contributed by atoms with Crippen molar-refractivity contribution in [2.24, 2.45) is 0 Å². The number of carbonyl (C=O) groups is 3. The second kappa shape index (κ2) is 14.6. The number of benzene rings is 2. The Labute approximate surface area is 265 Å². The molecule has 0 saturated heterocycles. The number of hydrogen-bond donors (Lipinski definition) is 2. The molecule has 11 heteroatoms. The highest BCUT2D eigenvalue weighted by atomic mass is 32.1. The van der Waals surface area contributed by atoms with Gasteiger partial charge in [-0.2, -0.15) is 0 Å². The van der Waals surface area contributed by atoms with Crippen molar-refractivity contribution in [1.82, 2.24) is 20.4 Å². The van der Waals surface area contributed by atoms with Gasteiger partial charge in [-0.15, -0.1) is 20.4 Å². The Kier molecular flexibility index (Phi) is 10.4. The van der Waals surface area contributed by atoms with E-state index in [2.05, 4.69) is 37.6 Å². The van der Waals surface area contributed by atoms with E-state index in [-0.39, 0.29) is 42.3 Å². The van der Waals surface area contributed by atoms with E-state index < -0.39 is 0 Å². The number of nitrogens with one attached hydrogen (secondary N) is 2. The standard InChI is InChI=1S/C33H36N6O3S2/c1-20(2)15-22-7-11-24(12-8-22)17-28(41)34-32-38-36-30(43-32)26-5-4-6-27(19-26)31-37-39-33(44-31)35-29(42)18-25-13-9-23(10-14-25)16-21(3)40/h7-14,26-27H,1,4-6,15-19H2,2-3H3,(H,34,38,41)(H,35,39,42)/t26-,27-/m0/s1. The van der Waals surface area contributed by atoms with Crippen molar-refractivity contribution in [3.05, 3.63) is 93.0 Å². The maximum Gasteiger partial charge on any atom is 0.230 e. The number of allylic oxidation sites excluding steroid dienone is 1. The van der Waals surface area contributed by atoms with E-state index in [4.69, 9.17) is 0 Å². The first-order valence-corrected chi connectivity index (χ1v) is 16.4. The van der Waals surface area contributed by atoms with Crippen molar-refractivity contribution in [2.45, 2.75) is 77.0 Å². The molecule has 0 radical (unpaired) electrons. The number of ketones is 1. The minimum Gasteiger partial charge on any atom is -0.300 e. The van der Waals surface area contributed by atoms with Gasteiger partial charge in [0.1, 0.15) is 15.8 Å². The Balaban J connectivity index is 1.11. The normalized spacial score (nSPS) is 16.3. The molecule has 2 heterocycles. The minimum atomic E-state index is -0.156. The summed E-state index contributed by atoms with van der Waals surface area (Å²) < 4.78 is 0. The topological polar surface area (TPSA) is 127 Å². The highest BCUT2D eigenvalue weighted by Gasteiger charge is 2.29. The van der Waals surface area contributed by atoms with Crippen molar-refractivity contribution in [1.29, 1.82) is 0 Å². The Morgan fingerprint density at radius 3 is 1.50 bits per heavy atom. The second-order valence-corrected chi connectivity index (χ2v) is 13.6. The third kappa shape index (κ3) is 8.96. The van der Waals surface area contributed by atoms with Gasteiger partial charge in [-0.05, 0) is 61.8 Å². The molecule has 2 amide bonds. The lowest BCUT2D eigenvalue weighted by molar-refractivity contribution is -0.117. The third-order valence-electron chi connectivity index (χ3n) is 7.48. The molecule has 2 aromatic carbocycles. The predicted octanol–water partition coefficient (Wildman–Crippen LogP) is 6.44. The number of nitrogens with zero attached hydrogens (tertiary/aromatic N) is 4. The van der Waals surface area contributed by atoms with Gasteiger partial charge in [0.05, 0.1) is 12.8 Å². The molecular formula is C33H36N6O3S2. The van der Waals surface area contributed by atoms with E-state index in [0.29, 0.717) is 16.7 Å². The fourth-order valence-electron chi connectivity index (χ4n) is 5.42. The molecule has 0 spiro atoms. The molecule has 0 bridgehead atoms. The summed E-state index contributed by atoms with van der Waals surface area (Å²) in [4.78, 5) is 36.6. The van der Waals surface area contributed by atoms with Crippen molar-refractivity contribution < 1.29 is 14.4 Å². The number of carbonyl (C=O) groups excluding carboxylic acids is 3. The van der Waals surface area contributed by atoms with Crippen LogP contribution in [0.2, 0.25) is 0 Å². The monoisotopic (exact) mass is 628 g/mol. The fraction of sp³-hybridized carbons (Fsp3) is 0.364. The number of rotatable bonds is 12. The Morgan fingerprint density at radius 2 is 1.09 bits per heavy atom. The van der Waals surface area contributed by atoms with Crippen molar-refractivity contribution >= 4 is 50.5 Å². The van der Waals surface area contributed by atoms with Gasteiger partial charge in [-0.1, -0.05) is 89.8 Å². The summed E-state index contributed by atoms with van der Waals surface area (Å²) in [5, 5.41) is 25.9. The van der Waals surface area contributed by atoms with Crippen LogP contribution in [0, 0.1) is 0 Å². The minimum absolute atomic E-state index is 0.108. The smallest absolute Gasteiger partial charge is 0.230 e. The van der Waals surface area contributed by atoms with Crippen molar-refractivity contribution in [2.75, 3.05) is 10.6 Å². The summed E-state index contributed by atoms with van der Waals surface area (Å²) in [6.07, 6.45) is 5.62. The zero-order chi connectivity index (χ0) is 31.1. The maximum atomic E-state index is 12.7. The molecule has 1 aliphatic carbocycles. The summed E-state index contributed by atoms with van der Waals surface area (Å²) in [6, 6.07) is 15.5. The average molecular weight is 629 g/mol. The first-order chi connectivity index (χ1) is 21.2. The molecule has 1 aliphatic rings. The van der Waals surface area contributed by atoms with Gasteiger partial charge in [0.25, 0.3) is 0 Å². The number of Topliss-reactive ketones (excluding diaryl/α,β-unsaturated/α-hetero) is 1. The Bertz CT molecular complexity index is 1510. The lowest BCUT2D eigenvalue weighted by Gasteiger charge is -2.25. The van der Waals surface area contributed by atoms with Crippen molar-refractivity contribution in [3.63, 3.8) is 0 Å². The van der Waals surface area contributed by atoms with Crippen LogP contribution in [-0.4, -0.2) is 38.0 Å². The molecule has 228 valence electrons. The molecule has 2 N–H and O–H groups in total. The van der Waals surface area contributed by atoms with Crippen LogP contribution in [0.25, 0.3) is 0 Å². The van der Waals surface area contributed by atoms with E-state index in [0.717, 1.165) is 64.4 Å². The van der Waals surface area contributed by atoms with Crippen LogP contribution in [0.4, 0.5) is 10.3 Å². The van der Waals surface area contributed by atoms with Gasteiger partial charge in [0.15, 0.2) is 0 Å². The van der Waals surface area contributed by atoms with E-state index in [1.807, 2.05) is 55.5 Å². The van der Waals surface area contributed by atoms with Crippen LogP contribution in [-0.2, 0) is 40.1 Å². The van der Waals surface area contributed by atoms with Crippen LogP contribution < -0.4 is 10.6 Å². The van der Waals surface area contributed by atoms with Crippen LogP contribution in [0.5, 0.6) is 0 Å². The van der Waals surface area contributed by atoms with Gasteiger partial charge in [0, 0.05) is 18.3 Å². The van der Waals surface area contributed by atoms with E-state index in [1.54, 1.807) is 6.92 Å². The van der Waals surface area contributed by atoms with E-state index >= 15 is 0 Å². The van der Waals surface area contributed by atoms with Gasteiger partial charge in [-0.25, -0.2) is 0 Å². The zero-order valence-corrected chi connectivity index (χ0v) is 26.6. The van der Waals surface area contributed by atoms with Gasteiger partial charge < -0.3 is 10.6 Å². The highest BCUT2D eigenvalue weighted by molar-refractivity contribution is 7.15. The average Bonchev–Trinajstić information content (AvgIpc) is 3.65. The molecule has 4 aromatic rings. The molecule has 5 rings (SSSR count). The lowest BCUT2D eigenvalue weighted by Crippen LogP contribution is -2.14. The van der Waals surface area contributed by atoms with Crippen LogP contribution in [0.1, 0.15) is 83.6 Å². The third-order valence-corrected chi connectivity index (χ3v) is 9.48. The molecular weight excluding hydrogens is 593 g/mol. The number of amides is 2. The van der Waals surface area contributed by atoms with Gasteiger partial charge in [0.2, 0.25) is 22.1 Å². The fourth-order valence-corrected chi connectivity index (χ4v) is 7.24. The summed E-state index contributed by atoms with van der Waals surface area (Å²) in [5.74, 6) is 0.287. The number of aromatic nitrogens is 4. The molecule has 0 unspecified atom stereocenters. The van der Waals surface area contributed by atoms with Gasteiger partial charge in [-0.3, -0.25) is 14.4 Å². The SMILES string of the molecule is C=C(C)Cc1ccc(CC(=O)Nc2nnc([C@H]3CCC[C@H](c4nnc(NC(=O)Cc5ccc(CC(C)=O)cc5)s4)C3)s2)cc1. The van der Waals surface area contributed by atoms with E-state index in [1.165, 1.54) is 28.2 Å². The Morgan fingerprint density at radius 1 is 0.682 bits per heavy atom. The first kappa shape index (κ1) is 31.3. The molecule has 9 nitrogen and oxygen atoms in total. The first-order valence-electron chi connectivity index (χ1n) is 14.8. The van der Waals surface area contributed by atoms with E-state index in [9.17, 15) is 14.4 Å². The number of anilines is 2. The van der Waals surface area contributed by atoms with Crippen molar-refractivity contribution in [3.8, 4) is 0 Å². The highest BCUT2D eigenvalue weighted by Crippen LogP contribution is 2.43. The van der Waals surface area contributed by atoms with Crippen LogP contribution >= 0.6 is 22.7 Å².